The number of allylic oxidation sites excluding steroid dienone is 1. The highest BCUT2D eigenvalue weighted by Gasteiger charge is 2.31. The van der Waals surface area contributed by atoms with E-state index in [1.165, 1.54) is 4.90 Å². The van der Waals surface area contributed by atoms with Crippen LogP contribution < -0.4 is 9.47 Å². The number of aromatic amines is 1. The number of Topliss-reactive ketones (excluding diaryl/α,β-unsaturated/α-hetero) is 1. The molecule has 1 fully saturated rings. The number of amides is 1. The van der Waals surface area contributed by atoms with Crippen molar-refractivity contribution < 1.29 is 24.2 Å². The molecule has 3 heterocycles. The van der Waals surface area contributed by atoms with Crippen molar-refractivity contribution in [2.24, 2.45) is 5.92 Å². The van der Waals surface area contributed by atoms with Gasteiger partial charge >= 0.3 is 6.09 Å². The molecule has 3 aromatic rings. The van der Waals surface area contributed by atoms with Crippen molar-refractivity contribution >= 4 is 28.9 Å². The number of rotatable bonds is 7. The second kappa shape index (κ2) is 9.82. The van der Waals surface area contributed by atoms with Crippen molar-refractivity contribution in [3.8, 4) is 11.5 Å². The maximum Gasteiger partial charge on any atom is 0.407 e. The van der Waals surface area contributed by atoms with Crippen LogP contribution in [0.1, 0.15) is 53.7 Å². The third-order valence-corrected chi connectivity index (χ3v) is 7.06. The largest absolute Gasteiger partial charge is 0.496 e. The number of carbonyl (C=O) groups excluding carboxylic acids is 1. The number of ketones is 1. The van der Waals surface area contributed by atoms with E-state index in [-0.39, 0.29) is 11.5 Å². The van der Waals surface area contributed by atoms with E-state index < -0.39 is 6.09 Å². The van der Waals surface area contributed by atoms with Gasteiger partial charge in [0.2, 0.25) is 5.78 Å². The molecule has 2 N–H and O–H groups in total. The molecule has 182 valence electrons. The Kier molecular flexibility index (Phi) is 6.44. The molecule has 2 aliphatic rings. The van der Waals surface area contributed by atoms with E-state index in [1.54, 1.807) is 19.3 Å². The number of unbranched alkanes of at least 4 members (excludes halogenated alkanes) is 1. The Labute approximate surface area is 203 Å². The topological polar surface area (TPSA) is 105 Å². The fourth-order valence-electron chi connectivity index (χ4n) is 5.08. The quantitative estimate of drug-likeness (QED) is 0.355. The molecule has 2 aliphatic heterocycles. The first-order valence-corrected chi connectivity index (χ1v) is 12.1. The van der Waals surface area contributed by atoms with Gasteiger partial charge in [0, 0.05) is 30.1 Å². The number of fused-ring (bicyclic) bond motifs is 2. The summed E-state index contributed by atoms with van der Waals surface area (Å²) in [5.41, 5.74) is 3.03. The predicted molar refractivity (Wildman–Crippen MR) is 132 cm³/mol. The SMILES string of the molecule is COc1ccc2c(c1CCCCC1CCN(C(=O)O)CC1)OC(=Cc1n[nH]c3ccccc13)C2=O. The third kappa shape index (κ3) is 4.60. The number of nitrogens with one attached hydrogen (secondary N) is 1. The molecule has 1 aromatic heterocycles. The molecular formula is C27H29N3O5. The Morgan fingerprint density at radius 3 is 2.80 bits per heavy atom. The molecule has 0 atom stereocenters. The molecular weight excluding hydrogens is 446 g/mol. The first-order chi connectivity index (χ1) is 17.0. The normalized spacial score (nSPS) is 17.1. The second-order valence-corrected chi connectivity index (χ2v) is 9.18. The predicted octanol–water partition coefficient (Wildman–Crippen LogP) is 5.29. The Balaban J connectivity index is 1.27. The number of para-hydroxylation sites is 1. The number of ether oxygens (including phenoxy) is 2. The monoisotopic (exact) mass is 475 g/mol. The summed E-state index contributed by atoms with van der Waals surface area (Å²) in [6, 6.07) is 11.4. The lowest BCUT2D eigenvalue weighted by atomic mass is 9.90. The minimum Gasteiger partial charge on any atom is -0.496 e. The molecule has 8 heteroatoms. The Bertz CT molecular complexity index is 1290. The molecule has 0 aliphatic carbocycles. The number of nitrogens with zero attached hydrogens (tertiary/aromatic N) is 2. The van der Waals surface area contributed by atoms with Crippen LogP contribution in [0.2, 0.25) is 0 Å². The van der Waals surface area contributed by atoms with Crippen LogP contribution in [0.3, 0.4) is 0 Å². The van der Waals surface area contributed by atoms with E-state index in [1.807, 2.05) is 30.3 Å². The van der Waals surface area contributed by atoms with Gasteiger partial charge in [-0.05, 0) is 49.8 Å². The van der Waals surface area contributed by atoms with Gasteiger partial charge in [-0.15, -0.1) is 0 Å². The van der Waals surface area contributed by atoms with Gasteiger partial charge in [-0.25, -0.2) is 4.79 Å². The smallest absolute Gasteiger partial charge is 0.407 e. The van der Waals surface area contributed by atoms with Gasteiger partial charge in [0.05, 0.1) is 23.9 Å². The van der Waals surface area contributed by atoms with Crippen molar-refractivity contribution in [1.82, 2.24) is 15.1 Å². The zero-order chi connectivity index (χ0) is 24.4. The number of piperidine rings is 1. The summed E-state index contributed by atoms with van der Waals surface area (Å²) >= 11 is 0. The summed E-state index contributed by atoms with van der Waals surface area (Å²) < 4.78 is 11.7. The van der Waals surface area contributed by atoms with Crippen LogP contribution >= 0.6 is 0 Å². The first-order valence-electron chi connectivity index (χ1n) is 12.1. The van der Waals surface area contributed by atoms with Crippen LogP contribution in [0.4, 0.5) is 4.79 Å². The highest BCUT2D eigenvalue weighted by Crippen LogP contribution is 2.41. The van der Waals surface area contributed by atoms with Gasteiger partial charge in [-0.3, -0.25) is 9.89 Å². The third-order valence-electron chi connectivity index (χ3n) is 7.06. The van der Waals surface area contributed by atoms with Crippen LogP contribution in [-0.2, 0) is 6.42 Å². The lowest BCUT2D eigenvalue weighted by Gasteiger charge is -2.29. The van der Waals surface area contributed by atoms with E-state index in [0.717, 1.165) is 60.7 Å². The number of methoxy groups -OCH3 is 1. The van der Waals surface area contributed by atoms with Gasteiger partial charge in [-0.2, -0.15) is 5.10 Å². The number of hydrogen-bond acceptors (Lipinski definition) is 5. The fourth-order valence-corrected chi connectivity index (χ4v) is 5.08. The Morgan fingerprint density at radius 2 is 2.03 bits per heavy atom. The van der Waals surface area contributed by atoms with Crippen LogP contribution in [0.25, 0.3) is 17.0 Å². The molecule has 2 aromatic carbocycles. The van der Waals surface area contributed by atoms with Gasteiger partial charge in [0.25, 0.3) is 0 Å². The standard InChI is InChI=1S/C27H29N3O5/c1-34-23-11-10-20-25(31)24(16-22-18-7-4-5-9-21(18)28-29-22)35-26(20)19(23)8-3-2-6-17-12-14-30(15-13-17)27(32)33/h4-5,7,9-11,16-17H,2-3,6,8,12-15H2,1H3,(H,28,29)(H,32,33). The molecule has 1 amide bonds. The molecule has 0 unspecified atom stereocenters. The summed E-state index contributed by atoms with van der Waals surface area (Å²) in [7, 11) is 1.63. The van der Waals surface area contributed by atoms with E-state index in [4.69, 9.17) is 14.6 Å². The summed E-state index contributed by atoms with van der Waals surface area (Å²) in [5.74, 6) is 1.97. The highest BCUT2D eigenvalue weighted by atomic mass is 16.5. The maximum absolute atomic E-state index is 13.1. The van der Waals surface area contributed by atoms with Crippen LogP contribution in [0, 0.1) is 5.92 Å². The molecule has 0 radical (unpaired) electrons. The fraction of sp³-hybridized carbons (Fsp3) is 0.370. The Hall–Kier alpha value is -3.81. The maximum atomic E-state index is 13.1. The lowest BCUT2D eigenvalue weighted by molar-refractivity contribution is 0.101. The van der Waals surface area contributed by atoms with Gasteiger partial charge in [0.1, 0.15) is 11.5 Å². The van der Waals surface area contributed by atoms with Crippen molar-refractivity contribution in [3.05, 3.63) is 59.0 Å². The average Bonchev–Trinajstić information content (AvgIpc) is 3.43. The van der Waals surface area contributed by atoms with Crippen molar-refractivity contribution in [2.75, 3.05) is 20.2 Å². The molecule has 0 spiro atoms. The summed E-state index contributed by atoms with van der Waals surface area (Å²) in [6.07, 6.45) is 6.49. The number of H-pyrrole nitrogens is 1. The number of aromatic nitrogens is 2. The Morgan fingerprint density at radius 1 is 1.23 bits per heavy atom. The number of benzene rings is 2. The van der Waals surface area contributed by atoms with E-state index in [9.17, 15) is 9.59 Å². The van der Waals surface area contributed by atoms with Gasteiger partial charge in [-0.1, -0.05) is 31.0 Å². The average molecular weight is 476 g/mol. The minimum absolute atomic E-state index is 0.152. The van der Waals surface area contributed by atoms with Gasteiger partial charge in [0.15, 0.2) is 5.76 Å². The molecule has 5 rings (SSSR count). The second-order valence-electron chi connectivity index (χ2n) is 9.18. The highest BCUT2D eigenvalue weighted by molar-refractivity contribution is 6.15. The molecule has 35 heavy (non-hydrogen) atoms. The van der Waals surface area contributed by atoms with Crippen LogP contribution in [0.15, 0.2) is 42.2 Å². The van der Waals surface area contributed by atoms with E-state index in [0.29, 0.717) is 36.0 Å². The number of carbonyl (C=O) groups is 2. The van der Waals surface area contributed by atoms with Crippen LogP contribution in [0.5, 0.6) is 11.5 Å². The molecule has 1 saturated heterocycles. The summed E-state index contributed by atoms with van der Waals surface area (Å²) in [4.78, 5) is 25.7. The zero-order valence-electron chi connectivity index (χ0n) is 19.8. The lowest BCUT2D eigenvalue weighted by Crippen LogP contribution is -2.37. The summed E-state index contributed by atoms with van der Waals surface area (Å²) in [6.45, 7) is 1.24. The zero-order valence-corrected chi connectivity index (χ0v) is 19.8. The van der Waals surface area contributed by atoms with Crippen molar-refractivity contribution in [1.29, 1.82) is 0 Å². The summed E-state index contributed by atoms with van der Waals surface area (Å²) in [5, 5.41) is 17.4. The van der Waals surface area contributed by atoms with Crippen molar-refractivity contribution in [3.63, 3.8) is 0 Å². The number of hydrogen-bond donors (Lipinski definition) is 2. The first kappa shape index (κ1) is 23.0. The number of likely N-dealkylation sites (tertiary alicyclic amines) is 1. The van der Waals surface area contributed by atoms with E-state index >= 15 is 0 Å². The molecule has 0 saturated carbocycles. The number of carboxylic acid groups (broad SMARTS) is 1. The molecule has 8 nitrogen and oxygen atoms in total. The van der Waals surface area contributed by atoms with Gasteiger partial charge < -0.3 is 19.5 Å². The van der Waals surface area contributed by atoms with Crippen LogP contribution in [-0.4, -0.2) is 52.3 Å². The molecule has 0 bridgehead atoms. The van der Waals surface area contributed by atoms with E-state index in [2.05, 4.69) is 10.2 Å². The van der Waals surface area contributed by atoms with Crippen molar-refractivity contribution in [2.45, 2.75) is 38.5 Å². The minimum atomic E-state index is -0.822.